The van der Waals surface area contributed by atoms with Gasteiger partial charge in [-0.2, -0.15) is 4.31 Å². The topological polar surface area (TPSA) is 89.7 Å². The highest BCUT2D eigenvalue weighted by Gasteiger charge is 2.52. The number of aryl methyl sites for hydroxylation is 1. The predicted octanol–water partition coefficient (Wildman–Crippen LogP) is 5.92. The van der Waals surface area contributed by atoms with Crippen molar-refractivity contribution in [2.24, 2.45) is 0 Å². The lowest BCUT2D eigenvalue weighted by molar-refractivity contribution is -0.146. The fraction of sp³-hybridized carbons (Fsp3) is 0.312. The van der Waals surface area contributed by atoms with Crippen LogP contribution in [-0.2, 0) is 37.9 Å². The maximum atomic E-state index is 12.5. The molecular weight excluding hydrogens is 524 g/mol. The van der Waals surface area contributed by atoms with Crippen LogP contribution >= 0.6 is 0 Å². The molecule has 208 valence electrons. The Bertz CT molecular complexity index is 1570. The fourth-order valence-electron chi connectivity index (χ4n) is 5.10. The van der Waals surface area contributed by atoms with Crippen LogP contribution in [0.15, 0.2) is 83.4 Å². The fourth-order valence-corrected chi connectivity index (χ4v) is 5.90. The summed E-state index contributed by atoms with van der Waals surface area (Å²) in [6, 6.07) is 25.7. The molecule has 0 amide bonds. The monoisotopic (exact) mass is 558 g/mol. The quantitative estimate of drug-likeness (QED) is 0.213. The number of carbonyl (C=O) groups is 1. The second kappa shape index (κ2) is 11.4. The molecule has 0 bridgehead atoms. The first-order valence-corrected chi connectivity index (χ1v) is 15.4. The molecule has 3 aromatic carbocycles. The molecule has 0 atom stereocenters. The Morgan fingerprint density at radius 1 is 0.950 bits per heavy atom. The zero-order valence-electron chi connectivity index (χ0n) is 23.1. The van der Waals surface area contributed by atoms with E-state index in [9.17, 15) is 13.2 Å². The van der Waals surface area contributed by atoms with Gasteiger partial charge >= 0.3 is 5.97 Å². The Kier molecular flexibility index (Phi) is 7.92. The number of rotatable bonds is 11. The number of hydrogen-bond acceptors (Lipinski definition) is 6. The van der Waals surface area contributed by atoms with Crippen molar-refractivity contribution in [3.05, 3.63) is 101 Å². The third kappa shape index (κ3) is 5.88. The van der Waals surface area contributed by atoms with Crippen molar-refractivity contribution in [3.63, 3.8) is 0 Å². The van der Waals surface area contributed by atoms with Crippen LogP contribution < -0.4 is 0 Å². The van der Waals surface area contributed by atoms with E-state index < -0.39 is 15.4 Å². The van der Waals surface area contributed by atoms with Crippen molar-refractivity contribution in [1.82, 2.24) is 9.46 Å². The van der Waals surface area contributed by atoms with Gasteiger partial charge in [-0.25, -0.2) is 8.42 Å². The molecule has 40 heavy (non-hydrogen) atoms. The van der Waals surface area contributed by atoms with Crippen LogP contribution in [0.5, 0.6) is 0 Å². The predicted molar refractivity (Wildman–Crippen MR) is 155 cm³/mol. The van der Waals surface area contributed by atoms with Crippen molar-refractivity contribution in [2.45, 2.75) is 45.1 Å². The normalized spacial score (nSPS) is 14.3. The number of sulfonamides is 1. The molecule has 7 nitrogen and oxygen atoms in total. The zero-order chi connectivity index (χ0) is 28.3. The third-order valence-electron chi connectivity index (χ3n) is 7.60. The highest BCUT2D eigenvalue weighted by molar-refractivity contribution is 7.88. The average molecular weight is 559 g/mol. The zero-order valence-corrected chi connectivity index (χ0v) is 23.9. The Morgan fingerprint density at radius 2 is 1.55 bits per heavy atom. The van der Waals surface area contributed by atoms with E-state index in [1.807, 2.05) is 92.7 Å². The SMILES string of the molecule is CCOC(=O)C1(c2ccc(-c3ccc(-c4onc(C)c4CCN(Cc4ccccc4)S(C)(=O)=O)cc3)cc2)CC1. The Morgan fingerprint density at radius 3 is 2.12 bits per heavy atom. The van der Waals surface area contributed by atoms with Crippen molar-refractivity contribution < 1.29 is 22.5 Å². The molecule has 0 N–H and O–H groups in total. The molecule has 0 radical (unpaired) electrons. The van der Waals surface area contributed by atoms with E-state index in [1.165, 1.54) is 10.6 Å². The first-order chi connectivity index (χ1) is 19.2. The van der Waals surface area contributed by atoms with Crippen LogP contribution in [-0.4, -0.2) is 43.3 Å². The molecular formula is C32H34N2O5S. The van der Waals surface area contributed by atoms with Gasteiger partial charge < -0.3 is 9.26 Å². The smallest absolute Gasteiger partial charge is 0.316 e. The van der Waals surface area contributed by atoms with Gasteiger partial charge in [-0.05, 0) is 55.4 Å². The minimum absolute atomic E-state index is 0.134. The van der Waals surface area contributed by atoms with Crippen molar-refractivity contribution in [1.29, 1.82) is 0 Å². The first kappa shape index (κ1) is 27.8. The Labute approximate surface area is 235 Å². The van der Waals surface area contributed by atoms with Crippen LogP contribution in [0.4, 0.5) is 0 Å². The molecule has 0 spiro atoms. The molecule has 1 fully saturated rings. The van der Waals surface area contributed by atoms with Gasteiger partial charge in [0.2, 0.25) is 10.0 Å². The van der Waals surface area contributed by atoms with Crippen LogP contribution in [0.1, 0.15) is 42.1 Å². The molecule has 1 aliphatic carbocycles. The lowest BCUT2D eigenvalue weighted by atomic mass is 9.93. The minimum Gasteiger partial charge on any atom is -0.465 e. The number of aromatic nitrogens is 1. The van der Waals surface area contributed by atoms with E-state index in [2.05, 4.69) is 5.16 Å². The summed E-state index contributed by atoms with van der Waals surface area (Å²) in [6.07, 6.45) is 3.37. The second-order valence-electron chi connectivity index (χ2n) is 10.4. The second-order valence-corrected chi connectivity index (χ2v) is 12.3. The van der Waals surface area contributed by atoms with Crippen LogP contribution in [0.25, 0.3) is 22.5 Å². The number of nitrogens with zero attached hydrogens (tertiary/aromatic N) is 2. The summed E-state index contributed by atoms with van der Waals surface area (Å²) in [5.74, 6) is 0.516. The van der Waals surface area contributed by atoms with Crippen LogP contribution in [0.2, 0.25) is 0 Å². The molecule has 0 unspecified atom stereocenters. The van der Waals surface area contributed by atoms with Crippen LogP contribution in [0, 0.1) is 6.92 Å². The molecule has 1 aromatic heterocycles. The molecule has 0 aliphatic heterocycles. The first-order valence-electron chi connectivity index (χ1n) is 13.5. The van der Waals surface area contributed by atoms with Gasteiger partial charge in [-0.15, -0.1) is 0 Å². The van der Waals surface area contributed by atoms with Crippen molar-refractivity contribution >= 4 is 16.0 Å². The van der Waals surface area contributed by atoms with E-state index in [0.717, 1.165) is 51.9 Å². The van der Waals surface area contributed by atoms with Gasteiger partial charge in [0, 0.05) is 24.2 Å². The highest BCUT2D eigenvalue weighted by atomic mass is 32.2. The van der Waals surface area contributed by atoms with E-state index in [-0.39, 0.29) is 5.97 Å². The van der Waals surface area contributed by atoms with Crippen molar-refractivity contribution in [2.75, 3.05) is 19.4 Å². The summed E-state index contributed by atoms with van der Waals surface area (Å²) in [7, 11) is -3.40. The van der Waals surface area contributed by atoms with Gasteiger partial charge in [0.25, 0.3) is 0 Å². The lowest BCUT2D eigenvalue weighted by Gasteiger charge is -2.20. The molecule has 5 rings (SSSR count). The number of benzene rings is 3. The number of esters is 1. The largest absolute Gasteiger partial charge is 0.465 e. The maximum Gasteiger partial charge on any atom is 0.316 e. The third-order valence-corrected chi connectivity index (χ3v) is 8.85. The van der Waals surface area contributed by atoms with Gasteiger partial charge in [0.05, 0.1) is 24.0 Å². The van der Waals surface area contributed by atoms with E-state index >= 15 is 0 Å². The maximum absolute atomic E-state index is 12.5. The molecule has 0 saturated heterocycles. The molecule has 1 aliphatic rings. The molecule has 4 aromatic rings. The standard InChI is InChI=1S/C32H34N2O5S/c1-4-38-31(35)32(19-20-32)28-16-14-26(15-17-28)25-10-12-27(13-11-25)30-29(23(2)33-39-30)18-21-34(40(3,36)37)22-24-8-6-5-7-9-24/h5-17H,4,18-22H2,1-3H3. The molecule has 1 heterocycles. The average Bonchev–Trinajstić information content (AvgIpc) is 3.69. The summed E-state index contributed by atoms with van der Waals surface area (Å²) in [5, 5.41) is 4.18. The van der Waals surface area contributed by atoms with Crippen LogP contribution in [0.3, 0.4) is 0 Å². The molecule has 8 heteroatoms. The number of hydrogen-bond donors (Lipinski definition) is 0. The molecule has 1 saturated carbocycles. The summed E-state index contributed by atoms with van der Waals surface area (Å²) < 4.78 is 37.5. The Balaban J connectivity index is 1.31. The summed E-state index contributed by atoms with van der Waals surface area (Å²) in [4.78, 5) is 12.4. The highest BCUT2D eigenvalue weighted by Crippen LogP contribution is 2.49. The summed E-state index contributed by atoms with van der Waals surface area (Å²) in [5.41, 5.74) is 6.08. The van der Waals surface area contributed by atoms with Gasteiger partial charge in [0.15, 0.2) is 5.76 Å². The lowest BCUT2D eigenvalue weighted by Crippen LogP contribution is -2.31. The minimum atomic E-state index is -3.40. The Hall–Kier alpha value is -3.75. The van der Waals surface area contributed by atoms with Gasteiger partial charge in [-0.3, -0.25) is 4.79 Å². The number of ether oxygens (including phenoxy) is 1. The van der Waals surface area contributed by atoms with E-state index in [4.69, 9.17) is 9.26 Å². The summed E-state index contributed by atoms with van der Waals surface area (Å²) >= 11 is 0. The van der Waals surface area contributed by atoms with Crippen molar-refractivity contribution in [3.8, 4) is 22.5 Å². The number of carbonyl (C=O) groups excluding carboxylic acids is 1. The van der Waals surface area contributed by atoms with Gasteiger partial charge in [-0.1, -0.05) is 84.0 Å². The summed E-state index contributed by atoms with van der Waals surface area (Å²) in [6.45, 7) is 4.73. The van der Waals surface area contributed by atoms with E-state index in [1.54, 1.807) is 0 Å². The van der Waals surface area contributed by atoms with Gasteiger partial charge in [0.1, 0.15) is 0 Å². The van der Waals surface area contributed by atoms with E-state index in [0.29, 0.717) is 31.9 Å².